The first-order valence-electron chi connectivity index (χ1n) is 5.44. The second-order valence-corrected chi connectivity index (χ2v) is 3.99. The van der Waals surface area contributed by atoms with E-state index in [2.05, 4.69) is 25.2 Å². The molecule has 2 heteroatoms. The van der Waals surface area contributed by atoms with Gasteiger partial charge in [0.25, 0.3) is 0 Å². The highest BCUT2D eigenvalue weighted by Crippen LogP contribution is 2.30. The van der Waals surface area contributed by atoms with E-state index in [1.807, 2.05) is 0 Å². The lowest BCUT2D eigenvalue weighted by molar-refractivity contribution is 0.239. The van der Waals surface area contributed by atoms with E-state index < -0.39 is 0 Å². The predicted octanol–water partition coefficient (Wildman–Crippen LogP) is 2.31. The van der Waals surface area contributed by atoms with E-state index in [9.17, 15) is 0 Å². The zero-order chi connectivity index (χ0) is 9.68. The molecule has 1 fully saturated rings. The molecule has 13 heavy (non-hydrogen) atoms. The van der Waals surface area contributed by atoms with E-state index in [0.717, 1.165) is 18.9 Å². The highest BCUT2D eigenvalue weighted by atomic mass is 14.9. The molecular formula is C11H20N2. The van der Waals surface area contributed by atoms with Gasteiger partial charge in [-0.2, -0.15) is 5.26 Å². The van der Waals surface area contributed by atoms with Gasteiger partial charge in [0.1, 0.15) is 0 Å². The van der Waals surface area contributed by atoms with Crippen molar-refractivity contribution in [3.05, 3.63) is 0 Å². The lowest BCUT2D eigenvalue weighted by Crippen LogP contribution is -2.40. The van der Waals surface area contributed by atoms with Crippen LogP contribution in [0.2, 0.25) is 0 Å². The van der Waals surface area contributed by atoms with Crippen molar-refractivity contribution in [3.8, 4) is 6.07 Å². The van der Waals surface area contributed by atoms with Gasteiger partial charge < -0.3 is 5.32 Å². The zero-order valence-electron chi connectivity index (χ0n) is 8.71. The molecular weight excluding hydrogens is 160 g/mol. The van der Waals surface area contributed by atoms with E-state index in [0.29, 0.717) is 6.04 Å². The van der Waals surface area contributed by atoms with Crippen molar-refractivity contribution in [2.24, 2.45) is 11.8 Å². The molecule has 0 amide bonds. The maximum Gasteiger partial charge on any atom is 0.0672 e. The Labute approximate surface area is 81.3 Å². The molecule has 0 aromatic heterocycles. The third-order valence-corrected chi connectivity index (χ3v) is 3.17. The highest BCUT2D eigenvalue weighted by molar-refractivity contribution is 4.96. The summed E-state index contributed by atoms with van der Waals surface area (Å²) in [6.07, 6.45) is 4.80. The zero-order valence-corrected chi connectivity index (χ0v) is 8.71. The van der Waals surface area contributed by atoms with Crippen LogP contribution >= 0.6 is 0 Å². The van der Waals surface area contributed by atoms with Crippen LogP contribution in [-0.2, 0) is 0 Å². The second kappa shape index (κ2) is 5.24. The lowest BCUT2D eigenvalue weighted by atomic mass is 9.78. The average molecular weight is 180 g/mol. The van der Waals surface area contributed by atoms with E-state index in [4.69, 9.17) is 5.26 Å². The van der Waals surface area contributed by atoms with Crippen LogP contribution in [0.5, 0.6) is 0 Å². The Balaban J connectivity index is 2.48. The molecule has 0 spiro atoms. The number of hydrogen-bond acceptors (Lipinski definition) is 2. The number of nitrogens with one attached hydrogen (secondary N) is 1. The Morgan fingerprint density at radius 1 is 1.38 bits per heavy atom. The molecule has 0 saturated heterocycles. The van der Waals surface area contributed by atoms with Gasteiger partial charge in [0, 0.05) is 6.04 Å². The van der Waals surface area contributed by atoms with E-state index >= 15 is 0 Å². The topological polar surface area (TPSA) is 35.8 Å². The van der Waals surface area contributed by atoms with Gasteiger partial charge in [0.2, 0.25) is 0 Å². The molecule has 1 aliphatic carbocycles. The largest absolute Gasteiger partial charge is 0.313 e. The highest BCUT2D eigenvalue weighted by Gasteiger charge is 2.28. The molecule has 3 atom stereocenters. The van der Waals surface area contributed by atoms with Crippen molar-refractivity contribution in [1.82, 2.24) is 5.32 Å². The van der Waals surface area contributed by atoms with Crippen LogP contribution in [0.4, 0.5) is 0 Å². The smallest absolute Gasteiger partial charge is 0.0672 e. The van der Waals surface area contributed by atoms with E-state index in [1.165, 1.54) is 19.3 Å². The molecule has 2 nitrogen and oxygen atoms in total. The summed E-state index contributed by atoms with van der Waals surface area (Å²) < 4.78 is 0. The summed E-state index contributed by atoms with van der Waals surface area (Å²) in [5.41, 5.74) is 0. The summed E-state index contributed by atoms with van der Waals surface area (Å²) in [5, 5.41) is 12.4. The average Bonchev–Trinajstić information content (AvgIpc) is 2.18. The van der Waals surface area contributed by atoms with Crippen LogP contribution in [0.25, 0.3) is 0 Å². The second-order valence-electron chi connectivity index (χ2n) is 3.99. The first-order valence-corrected chi connectivity index (χ1v) is 5.44. The molecule has 0 bridgehead atoms. The minimum Gasteiger partial charge on any atom is -0.313 e. The van der Waals surface area contributed by atoms with Crippen LogP contribution in [0.15, 0.2) is 0 Å². The first kappa shape index (κ1) is 10.5. The minimum absolute atomic E-state index is 0.253. The fourth-order valence-electron chi connectivity index (χ4n) is 2.27. The Bertz CT molecular complexity index is 183. The van der Waals surface area contributed by atoms with Gasteiger partial charge in [-0.25, -0.2) is 0 Å². The summed E-state index contributed by atoms with van der Waals surface area (Å²) in [7, 11) is 0. The number of hydrogen-bond donors (Lipinski definition) is 1. The Kier molecular flexibility index (Phi) is 4.24. The van der Waals surface area contributed by atoms with Crippen molar-refractivity contribution in [1.29, 1.82) is 5.26 Å². The summed E-state index contributed by atoms with van der Waals surface area (Å²) in [4.78, 5) is 0. The fraction of sp³-hybridized carbons (Fsp3) is 0.909. The predicted molar refractivity (Wildman–Crippen MR) is 54.2 cm³/mol. The first-order chi connectivity index (χ1) is 6.31. The van der Waals surface area contributed by atoms with Gasteiger partial charge in [-0.3, -0.25) is 0 Å². The molecule has 0 heterocycles. The summed E-state index contributed by atoms with van der Waals surface area (Å²) >= 11 is 0. The summed E-state index contributed by atoms with van der Waals surface area (Å²) in [5.74, 6) is 1.09. The molecule has 0 aromatic carbocycles. The van der Waals surface area contributed by atoms with Crippen molar-refractivity contribution >= 4 is 0 Å². The quantitative estimate of drug-likeness (QED) is 0.723. The third-order valence-electron chi connectivity index (χ3n) is 3.17. The maximum absolute atomic E-state index is 8.96. The molecule has 1 saturated carbocycles. The van der Waals surface area contributed by atoms with Gasteiger partial charge in [0.05, 0.1) is 12.0 Å². The molecule has 74 valence electrons. The molecule has 1 N–H and O–H groups in total. The summed E-state index contributed by atoms with van der Waals surface area (Å²) in [6, 6.07) is 2.87. The SMILES string of the molecule is CCNC1CC(CC)CCC1C#N. The van der Waals surface area contributed by atoms with Crippen molar-refractivity contribution in [2.75, 3.05) is 6.54 Å². The fourth-order valence-corrected chi connectivity index (χ4v) is 2.27. The Morgan fingerprint density at radius 3 is 2.69 bits per heavy atom. The molecule has 0 radical (unpaired) electrons. The number of rotatable bonds is 3. The van der Waals surface area contributed by atoms with Crippen LogP contribution in [0.3, 0.4) is 0 Å². The Morgan fingerprint density at radius 2 is 2.15 bits per heavy atom. The molecule has 1 rings (SSSR count). The Hall–Kier alpha value is -0.550. The van der Waals surface area contributed by atoms with Gasteiger partial charge in [-0.1, -0.05) is 20.3 Å². The lowest BCUT2D eigenvalue weighted by Gasteiger charge is -2.32. The number of nitrogens with zero attached hydrogens (tertiary/aromatic N) is 1. The van der Waals surface area contributed by atoms with Crippen LogP contribution < -0.4 is 5.32 Å². The van der Waals surface area contributed by atoms with Crippen LogP contribution in [0, 0.1) is 23.2 Å². The van der Waals surface area contributed by atoms with Gasteiger partial charge in [0.15, 0.2) is 0 Å². The van der Waals surface area contributed by atoms with Crippen molar-refractivity contribution < 1.29 is 0 Å². The van der Waals surface area contributed by atoms with Gasteiger partial charge >= 0.3 is 0 Å². The van der Waals surface area contributed by atoms with Crippen LogP contribution in [0.1, 0.15) is 39.5 Å². The standard InChI is InChI=1S/C11H20N2/c1-3-9-5-6-10(8-12)11(7-9)13-4-2/h9-11,13H,3-7H2,1-2H3. The molecule has 3 unspecified atom stereocenters. The molecule has 0 aromatic rings. The summed E-state index contributed by atoms with van der Waals surface area (Å²) in [6.45, 7) is 5.35. The van der Waals surface area contributed by atoms with E-state index in [-0.39, 0.29) is 5.92 Å². The minimum atomic E-state index is 0.253. The van der Waals surface area contributed by atoms with E-state index in [1.54, 1.807) is 0 Å². The number of nitriles is 1. The monoisotopic (exact) mass is 180 g/mol. The maximum atomic E-state index is 8.96. The molecule has 0 aliphatic heterocycles. The van der Waals surface area contributed by atoms with Gasteiger partial charge in [-0.05, 0) is 31.7 Å². The van der Waals surface area contributed by atoms with Gasteiger partial charge in [-0.15, -0.1) is 0 Å². The molecule has 1 aliphatic rings. The third kappa shape index (κ3) is 2.70. The van der Waals surface area contributed by atoms with Crippen molar-refractivity contribution in [3.63, 3.8) is 0 Å². The normalized spacial score (nSPS) is 34.1. The van der Waals surface area contributed by atoms with Crippen molar-refractivity contribution in [2.45, 2.75) is 45.6 Å². The van der Waals surface area contributed by atoms with Crippen LogP contribution in [-0.4, -0.2) is 12.6 Å².